The Bertz CT molecular complexity index is 1220. The predicted octanol–water partition coefficient (Wildman–Crippen LogP) is 4.61. The molecule has 0 spiro atoms. The summed E-state index contributed by atoms with van der Waals surface area (Å²) in [6.07, 6.45) is 0.649. The summed E-state index contributed by atoms with van der Waals surface area (Å²) in [6, 6.07) is 14.2. The fourth-order valence-corrected chi connectivity index (χ4v) is 5.17. The van der Waals surface area contributed by atoms with Gasteiger partial charge in [0.25, 0.3) is 0 Å². The van der Waals surface area contributed by atoms with Gasteiger partial charge in [-0.25, -0.2) is 13.4 Å². The molecule has 0 fully saturated rings. The van der Waals surface area contributed by atoms with Crippen LogP contribution in [0.1, 0.15) is 37.1 Å². The minimum absolute atomic E-state index is 0.0968. The Morgan fingerprint density at radius 1 is 1.06 bits per heavy atom. The number of hydrogen-bond donors (Lipinski definition) is 0. The summed E-state index contributed by atoms with van der Waals surface area (Å²) in [5.74, 6) is -1.14. The van der Waals surface area contributed by atoms with E-state index in [2.05, 4.69) is 11.9 Å². The van der Waals surface area contributed by atoms with Crippen molar-refractivity contribution in [2.75, 3.05) is 10.7 Å². The van der Waals surface area contributed by atoms with Gasteiger partial charge in [0.1, 0.15) is 6.61 Å². The van der Waals surface area contributed by atoms with Crippen molar-refractivity contribution >= 4 is 43.9 Å². The van der Waals surface area contributed by atoms with Crippen LogP contribution in [0.3, 0.4) is 0 Å². The summed E-state index contributed by atoms with van der Waals surface area (Å²) in [6.45, 7) is 5.29. The first kappa shape index (κ1) is 24.6. The van der Waals surface area contributed by atoms with Gasteiger partial charge in [0, 0.05) is 12.3 Å². The van der Waals surface area contributed by atoms with Gasteiger partial charge in [-0.05, 0) is 43.2 Å². The lowest BCUT2D eigenvalue weighted by Crippen LogP contribution is -2.22. The van der Waals surface area contributed by atoms with E-state index < -0.39 is 15.8 Å². The van der Waals surface area contributed by atoms with Gasteiger partial charge < -0.3 is 4.74 Å². The normalized spacial score (nSPS) is 11.2. The zero-order chi connectivity index (χ0) is 24.0. The molecule has 1 aromatic heterocycles. The molecule has 1 amide bonds. The predicted molar refractivity (Wildman–Crippen MR) is 128 cm³/mol. The molecule has 0 aliphatic carbocycles. The highest BCUT2D eigenvalue weighted by atomic mass is 32.2. The molecule has 3 rings (SSSR count). The number of rotatable bonds is 9. The van der Waals surface area contributed by atoms with Gasteiger partial charge in [0.05, 0.1) is 28.5 Å². The fraction of sp³-hybridized carbons (Fsp3) is 0.292. The molecule has 174 valence electrons. The standard InChI is InChI=1S/C24H26N2O5S2/c1-4-19-7-9-21(10-8-19)26(18(3)27)24-25-20(16-32-24)15-31-23(28)13-14-33(29,30)22-11-5-17(2)6-12-22/h5-12,16H,4,13-15H2,1-3H3. The number of hydrogen-bond acceptors (Lipinski definition) is 7. The topological polar surface area (TPSA) is 93.6 Å². The van der Waals surface area contributed by atoms with Crippen molar-refractivity contribution in [1.29, 1.82) is 0 Å². The third-order valence-electron chi connectivity index (χ3n) is 4.98. The van der Waals surface area contributed by atoms with Crippen molar-refractivity contribution in [3.63, 3.8) is 0 Å². The van der Waals surface area contributed by atoms with Gasteiger partial charge in [-0.1, -0.05) is 36.8 Å². The van der Waals surface area contributed by atoms with Crippen LogP contribution < -0.4 is 4.90 Å². The molecule has 0 saturated carbocycles. The Balaban J connectivity index is 1.58. The molecule has 2 aromatic carbocycles. The van der Waals surface area contributed by atoms with Crippen molar-refractivity contribution in [2.45, 2.75) is 45.1 Å². The molecule has 33 heavy (non-hydrogen) atoms. The molecule has 0 bridgehead atoms. The Morgan fingerprint density at radius 2 is 1.73 bits per heavy atom. The Morgan fingerprint density at radius 3 is 2.33 bits per heavy atom. The highest BCUT2D eigenvalue weighted by molar-refractivity contribution is 7.91. The molecule has 0 atom stereocenters. The van der Waals surface area contributed by atoms with Crippen LogP contribution in [0.15, 0.2) is 58.8 Å². The number of aryl methyl sites for hydroxylation is 2. The van der Waals surface area contributed by atoms with Gasteiger partial charge in [-0.3, -0.25) is 14.5 Å². The molecule has 0 aliphatic rings. The van der Waals surface area contributed by atoms with E-state index in [0.29, 0.717) is 16.5 Å². The van der Waals surface area contributed by atoms with E-state index in [4.69, 9.17) is 4.74 Å². The van der Waals surface area contributed by atoms with Crippen molar-refractivity contribution in [3.05, 3.63) is 70.7 Å². The minimum Gasteiger partial charge on any atom is -0.459 e. The number of sulfone groups is 1. The second-order valence-electron chi connectivity index (χ2n) is 7.54. The lowest BCUT2D eigenvalue weighted by Gasteiger charge is -2.18. The minimum atomic E-state index is -3.57. The monoisotopic (exact) mass is 486 g/mol. The number of carbonyl (C=O) groups is 2. The van der Waals surface area contributed by atoms with Crippen molar-refractivity contribution < 1.29 is 22.7 Å². The highest BCUT2D eigenvalue weighted by Gasteiger charge is 2.20. The maximum absolute atomic E-state index is 12.4. The Hall–Kier alpha value is -3.04. The van der Waals surface area contributed by atoms with E-state index >= 15 is 0 Å². The number of aromatic nitrogens is 1. The number of carbonyl (C=O) groups excluding carboxylic acids is 2. The van der Waals surface area contributed by atoms with Crippen LogP contribution in [0, 0.1) is 6.92 Å². The zero-order valence-corrected chi connectivity index (χ0v) is 20.4. The van der Waals surface area contributed by atoms with Crippen LogP contribution in [0.25, 0.3) is 0 Å². The van der Waals surface area contributed by atoms with E-state index in [1.54, 1.807) is 17.5 Å². The van der Waals surface area contributed by atoms with Gasteiger partial charge in [0.15, 0.2) is 15.0 Å². The smallest absolute Gasteiger partial charge is 0.307 e. The molecule has 0 saturated heterocycles. The average Bonchev–Trinajstić information content (AvgIpc) is 3.25. The number of ether oxygens (including phenoxy) is 1. The fourth-order valence-electron chi connectivity index (χ4n) is 3.08. The summed E-state index contributed by atoms with van der Waals surface area (Å²) in [4.78, 5) is 30.4. The molecule has 9 heteroatoms. The van der Waals surface area contributed by atoms with Gasteiger partial charge in [-0.15, -0.1) is 11.3 Å². The first-order valence-electron chi connectivity index (χ1n) is 10.5. The second-order valence-corrected chi connectivity index (χ2v) is 10.5. The largest absolute Gasteiger partial charge is 0.459 e. The first-order valence-corrected chi connectivity index (χ1v) is 13.0. The summed E-state index contributed by atoms with van der Waals surface area (Å²) in [7, 11) is -3.57. The summed E-state index contributed by atoms with van der Waals surface area (Å²) in [5, 5.41) is 2.18. The quantitative estimate of drug-likeness (QED) is 0.410. The molecule has 0 N–H and O–H groups in total. The van der Waals surface area contributed by atoms with Crippen LogP contribution in [-0.4, -0.2) is 31.0 Å². The van der Waals surface area contributed by atoms with Crippen molar-refractivity contribution in [2.24, 2.45) is 0 Å². The number of nitrogens with zero attached hydrogens (tertiary/aromatic N) is 2. The lowest BCUT2D eigenvalue weighted by atomic mass is 10.1. The Labute approximate surface area is 198 Å². The summed E-state index contributed by atoms with van der Waals surface area (Å²) >= 11 is 1.27. The molecule has 3 aromatic rings. The first-order chi connectivity index (χ1) is 15.7. The highest BCUT2D eigenvalue weighted by Crippen LogP contribution is 2.29. The summed E-state index contributed by atoms with van der Waals surface area (Å²) < 4.78 is 30.0. The van der Waals surface area contributed by atoms with Gasteiger partial charge in [0.2, 0.25) is 5.91 Å². The van der Waals surface area contributed by atoms with E-state index in [1.807, 2.05) is 31.2 Å². The average molecular weight is 487 g/mol. The van der Waals surface area contributed by atoms with Crippen molar-refractivity contribution in [3.8, 4) is 0 Å². The molecule has 1 heterocycles. The van der Waals surface area contributed by atoms with E-state index in [1.165, 1.54) is 40.9 Å². The Kier molecular flexibility index (Phi) is 7.99. The molecular weight excluding hydrogens is 460 g/mol. The van der Waals surface area contributed by atoms with Gasteiger partial charge in [-0.2, -0.15) is 0 Å². The zero-order valence-electron chi connectivity index (χ0n) is 18.8. The van der Waals surface area contributed by atoms with Crippen LogP contribution in [0.5, 0.6) is 0 Å². The maximum Gasteiger partial charge on any atom is 0.307 e. The lowest BCUT2D eigenvalue weighted by molar-refractivity contribution is -0.144. The molecule has 0 aliphatic heterocycles. The molecular formula is C24H26N2O5S2. The van der Waals surface area contributed by atoms with Crippen LogP contribution >= 0.6 is 11.3 Å². The van der Waals surface area contributed by atoms with E-state index in [-0.39, 0.29) is 29.6 Å². The third-order valence-corrected chi connectivity index (χ3v) is 7.59. The molecule has 0 unspecified atom stereocenters. The number of anilines is 2. The van der Waals surface area contributed by atoms with Crippen LogP contribution in [-0.2, 0) is 37.2 Å². The molecule has 7 nitrogen and oxygen atoms in total. The molecule has 0 radical (unpaired) electrons. The van der Waals surface area contributed by atoms with E-state index in [9.17, 15) is 18.0 Å². The second kappa shape index (κ2) is 10.7. The van der Waals surface area contributed by atoms with Crippen LogP contribution in [0.2, 0.25) is 0 Å². The SMILES string of the molecule is CCc1ccc(N(C(C)=O)c2nc(COC(=O)CCS(=O)(=O)c3ccc(C)cc3)cs2)cc1. The van der Waals surface area contributed by atoms with Gasteiger partial charge >= 0.3 is 5.97 Å². The summed E-state index contributed by atoms with van der Waals surface area (Å²) in [5.41, 5.74) is 3.32. The van der Waals surface area contributed by atoms with Crippen molar-refractivity contribution in [1.82, 2.24) is 4.98 Å². The number of thiazole rings is 1. The van der Waals surface area contributed by atoms with E-state index in [0.717, 1.165) is 12.0 Å². The maximum atomic E-state index is 12.4. The number of amides is 1. The third kappa shape index (κ3) is 6.49. The number of benzene rings is 2. The number of esters is 1. The van der Waals surface area contributed by atoms with Crippen LogP contribution in [0.4, 0.5) is 10.8 Å².